The number of aromatic nitrogens is 4. The van der Waals surface area contributed by atoms with Crippen LogP contribution in [-0.4, -0.2) is 55.3 Å². The van der Waals surface area contributed by atoms with E-state index in [9.17, 15) is 14.4 Å². The molecule has 9 heteroatoms. The smallest absolute Gasteiger partial charge is 0.332 e. The topological polar surface area (TPSA) is 91.4 Å². The summed E-state index contributed by atoms with van der Waals surface area (Å²) in [5.74, 6) is -0.102. The number of carbonyl (C=O) groups excluding carboxylic acids is 1. The van der Waals surface area contributed by atoms with Crippen molar-refractivity contribution in [2.45, 2.75) is 19.6 Å². The third kappa shape index (κ3) is 2.56. The Bertz CT molecular complexity index is 878. The van der Waals surface area contributed by atoms with Crippen LogP contribution in [0.1, 0.15) is 6.92 Å². The van der Waals surface area contributed by atoms with Crippen LogP contribution in [0.3, 0.4) is 0 Å². The molecule has 0 aromatic carbocycles. The lowest BCUT2D eigenvalue weighted by Crippen LogP contribution is -2.46. The lowest BCUT2D eigenvalue weighted by molar-refractivity contribution is -0.138. The highest BCUT2D eigenvalue weighted by Crippen LogP contribution is 2.09. The third-order valence-corrected chi connectivity index (χ3v) is 4.12. The number of amides is 1. The Hall–Kier alpha value is -2.42. The Morgan fingerprint density at radius 3 is 2.78 bits per heavy atom. The van der Waals surface area contributed by atoms with E-state index in [1.54, 1.807) is 11.9 Å². The molecule has 0 N–H and O–H groups in total. The maximum atomic E-state index is 12.4. The molecule has 2 aromatic heterocycles. The first-order valence-corrected chi connectivity index (χ1v) is 7.40. The Kier molecular flexibility index (Phi) is 3.80. The molecule has 1 atom stereocenters. The number of imidazole rings is 1. The molecule has 0 unspecified atom stereocenters. The monoisotopic (exact) mass is 321 g/mol. The summed E-state index contributed by atoms with van der Waals surface area (Å²) in [6.07, 6.45) is 1.42. The van der Waals surface area contributed by atoms with Crippen molar-refractivity contribution in [3.05, 3.63) is 27.2 Å². The van der Waals surface area contributed by atoms with Crippen molar-refractivity contribution in [3.8, 4) is 0 Å². The van der Waals surface area contributed by atoms with Crippen LogP contribution in [-0.2, 0) is 30.2 Å². The van der Waals surface area contributed by atoms with Gasteiger partial charge < -0.3 is 14.2 Å². The zero-order valence-corrected chi connectivity index (χ0v) is 13.4. The number of aryl methyl sites for hydroxylation is 1. The molecule has 1 fully saturated rings. The first kappa shape index (κ1) is 15.5. The van der Waals surface area contributed by atoms with E-state index in [2.05, 4.69) is 4.98 Å². The summed E-state index contributed by atoms with van der Waals surface area (Å²) in [6, 6.07) is 0. The fourth-order valence-electron chi connectivity index (χ4n) is 2.81. The normalized spacial score (nSPS) is 18.6. The van der Waals surface area contributed by atoms with Gasteiger partial charge in [0.1, 0.15) is 6.54 Å². The van der Waals surface area contributed by atoms with E-state index in [1.165, 1.54) is 22.5 Å². The Morgan fingerprint density at radius 1 is 1.35 bits per heavy atom. The molecular formula is C14H19N5O4. The zero-order valence-electron chi connectivity index (χ0n) is 13.4. The van der Waals surface area contributed by atoms with Crippen LogP contribution in [0.2, 0.25) is 0 Å². The van der Waals surface area contributed by atoms with Crippen LogP contribution < -0.4 is 11.2 Å². The van der Waals surface area contributed by atoms with Crippen LogP contribution in [0.5, 0.6) is 0 Å². The van der Waals surface area contributed by atoms with E-state index in [0.29, 0.717) is 19.7 Å². The van der Waals surface area contributed by atoms with E-state index in [0.717, 1.165) is 4.57 Å². The molecular weight excluding hydrogens is 302 g/mol. The number of hydrogen-bond acceptors (Lipinski definition) is 5. The third-order valence-electron chi connectivity index (χ3n) is 4.12. The number of ether oxygens (including phenoxy) is 1. The van der Waals surface area contributed by atoms with Crippen molar-refractivity contribution >= 4 is 17.1 Å². The summed E-state index contributed by atoms with van der Waals surface area (Å²) in [4.78, 5) is 42.5. The van der Waals surface area contributed by atoms with E-state index in [1.807, 2.05) is 6.92 Å². The second kappa shape index (κ2) is 5.65. The molecule has 0 bridgehead atoms. The number of fused-ring (bicyclic) bond motifs is 1. The molecule has 1 amide bonds. The second-order valence-corrected chi connectivity index (χ2v) is 5.77. The van der Waals surface area contributed by atoms with Gasteiger partial charge in [-0.2, -0.15) is 0 Å². The van der Waals surface area contributed by atoms with E-state index < -0.39 is 11.2 Å². The van der Waals surface area contributed by atoms with Gasteiger partial charge in [0.2, 0.25) is 5.91 Å². The molecule has 124 valence electrons. The molecule has 0 saturated carbocycles. The van der Waals surface area contributed by atoms with Gasteiger partial charge in [0.15, 0.2) is 11.2 Å². The van der Waals surface area contributed by atoms with Crippen LogP contribution in [0.25, 0.3) is 11.2 Å². The molecule has 9 nitrogen and oxygen atoms in total. The summed E-state index contributed by atoms with van der Waals surface area (Å²) in [5, 5.41) is 0. The van der Waals surface area contributed by atoms with Crippen molar-refractivity contribution in [2.75, 3.05) is 19.7 Å². The minimum atomic E-state index is -0.455. The lowest BCUT2D eigenvalue weighted by Gasteiger charge is -2.31. The van der Waals surface area contributed by atoms with Gasteiger partial charge in [-0.15, -0.1) is 0 Å². The fraction of sp³-hybridized carbons (Fsp3) is 0.571. The number of morpholine rings is 1. The first-order valence-electron chi connectivity index (χ1n) is 7.40. The van der Waals surface area contributed by atoms with Crippen LogP contribution in [0.4, 0.5) is 0 Å². The summed E-state index contributed by atoms with van der Waals surface area (Å²) >= 11 is 0. The van der Waals surface area contributed by atoms with Gasteiger partial charge in [-0.25, -0.2) is 9.78 Å². The molecule has 23 heavy (non-hydrogen) atoms. The molecule has 1 aliphatic rings. The molecule has 1 saturated heterocycles. The van der Waals surface area contributed by atoms with Crippen LogP contribution in [0.15, 0.2) is 15.9 Å². The molecule has 3 rings (SSSR count). The average molecular weight is 321 g/mol. The molecule has 2 aromatic rings. The quantitative estimate of drug-likeness (QED) is 0.684. The second-order valence-electron chi connectivity index (χ2n) is 5.77. The predicted molar refractivity (Wildman–Crippen MR) is 82.2 cm³/mol. The fourth-order valence-corrected chi connectivity index (χ4v) is 2.81. The van der Waals surface area contributed by atoms with Crippen molar-refractivity contribution < 1.29 is 9.53 Å². The van der Waals surface area contributed by atoms with E-state index >= 15 is 0 Å². The van der Waals surface area contributed by atoms with Gasteiger partial charge in [-0.05, 0) is 6.92 Å². The molecule has 0 spiro atoms. The Balaban J connectivity index is 1.97. The van der Waals surface area contributed by atoms with Crippen LogP contribution in [0, 0.1) is 0 Å². The summed E-state index contributed by atoms with van der Waals surface area (Å²) in [6.45, 7) is 3.50. The average Bonchev–Trinajstić information content (AvgIpc) is 2.94. The van der Waals surface area contributed by atoms with Gasteiger partial charge in [0, 0.05) is 27.2 Å². The number of rotatable bonds is 2. The van der Waals surface area contributed by atoms with Gasteiger partial charge >= 0.3 is 5.69 Å². The van der Waals surface area contributed by atoms with Crippen LogP contribution >= 0.6 is 0 Å². The molecule has 1 aliphatic heterocycles. The summed E-state index contributed by atoms with van der Waals surface area (Å²) < 4.78 is 9.24. The van der Waals surface area contributed by atoms with Crippen molar-refractivity contribution in [3.63, 3.8) is 0 Å². The minimum absolute atomic E-state index is 0.000854. The van der Waals surface area contributed by atoms with E-state index in [-0.39, 0.29) is 29.7 Å². The number of hydrogen-bond donors (Lipinski definition) is 0. The highest BCUT2D eigenvalue weighted by molar-refractivity contribution is 5.79. The van der Waals surface area contributed by atoms with E-state index in [4.69, 9.17) is 4.74 Å². The SMILES string of the molecule is C[C@H]1CN(C(=O)Cn2cnc3c2c(=O)n(C)c(=O)n3C)CCO1. The highest BCUT2D eigenvalue weighted by atomic mass is 16.5. The number of nitrogens with zero attached hydrogens (tertiary/aromatic N) is 5. The van der Waals surface area contributed by atoms with Gasteiger partial charge in [-0.3, -0.25) is 18.7 Å². The minimum Gasteiger partial charge on any atom is -0.375 e. The summed E-state index contributed by atoms with van der Waals surface area (Å²) in [7, 11) is 2.96. The Labute approximate surface area is 131 Å². The zero-order chi connectivity index (χ0) is 16.7. The van der Waals surface area contributed by atoms with Crippen molar-refractivity contribution in [2.24, 2.45) is 14.1 Å². The van der Waals surface area contributed by atoms with Crippen molar-refractivity contribution in [1.29, 1.82) is 0 Å². The summed E-state index contributed by atoms with van der Waals surface area (Å²) in [5.41, 5.74) is -0.365. The standard InChI is InChI=1S/C14H19N5O4/c1-9-6-18(4-5-23-9)10(20)7-19-8-15-12-11(19)13(21)17(3)14(22)16(12)2/h8-9H,4-7H2,1-3H3/t9-/m0/s1. The van der Waals surface area contributed by atoms with Crippen molar-refractivity contribution in [1.82, 2.24) is 23.6 Å². The van der Waals surface area contributed by atoms with Gasteiger partial charge in [-0.1, -0.05) is 0 Å². The maximum absolute atomic E-state index is 12.4. The molecule has 3 heterocycles. The first-order chi connectivity index (χ1) is 10.9. The highest BCUT2D eigenvalue weighted by Gasteiger charge is 2.23. The maximum Gasteiger partial charge on any atom is 0.332 e. The molecule has 0 radical (unpaired) electrons. The van der Waals surface area contributed by atoms with Gasteiger partial charge in [0.25, 0.3) is 5.56 Å². The number of carbonyl (C=O) groups is 1. The Morgan fingerprint density at radius 2 is 2.09 bits per heavy atom. The van der Waals surface area contributed by atoms with Gasteiger partial charge in [0.05, 0.1) is 19.0 Å². The predicted octanol–water partition coefficient (Wildman–Crippen LogP) is -1.32. The molecule has 0 aliphatic carbocycles. The largest absolute Gasteiger partial charge is 0.375 e. The lowest BCUT2D eigenvalue weighted by atomic mass is 10.3.